The van der Waals surface area contributed by atoms with Gasteiger partial charge in [-0.2, -0.15) is 5.10 Å². The second kappa shape index (κ2) is 4.25. The van der Waals surface area contributed by atoms with E-state index in [2.05, 4.69) is 26.0 Å². The van der Waals surface area contributed by atoms with Gasteiger partial charge < -0.3 is 4.90 Å². The Hall–Kier alpha value is -1.36. The Kier molecular flexibility index (Phi) is 2.96. The van der Waals surface area contributed by atoms with Crippen LogP contribution in [-0.2, 0) is 7.05 Å². The summed E-state index contributed by atoms with van der Waals surface area (Å²) in [5.74, 6) is 0.926. The van der Waals surface area contributed by atoms with Gasteiger partial charge in [0, 0.05) is 39.1 Å². The van der Waals surface area contributed by atoms with Crippen molar-refractivity contribution >= 4 is 21.7 Å². The van der Waals surface area contributed by atoms with E-state index in [1.54, 1.807) is 10.9 Å². The highest BCUT2D eigenvalue weighted by Crippen LogP contribution is 2.27. The quantitative estimate of drug-likeness (QED) is 0.847. The standard InChI is InChI=1S/C11H13BrN4/c1-15(2)10-6-8(4-5-13-10)11-9(12)7-16(3)14-11/h4-7H,1-3H3. The highest BCUT2D eigenvalue weighted by Gasteiger charge is 2.09. The Balaban J connectivity index is 2.48. The van der Waals surface area contributed by atoms with Crippen LogP contribution in [0.4, 0.5) is 5.82 Å². The van der Waals surface area contributed by atoms with Gasteiger partial charge >= 0.3 is 0 Å². The zero-order chi connectivity index (χ0) is 11.7. The molecule has 16 heavy (non-hydrogen) atoms. The van der Waals surface area contributed by atoms with E-state index in [0.29, 0.717) is 0 Å². The van der Waals surface area contributed by atoms with Gasteiger partial charge in [-0.25, -0.2) is 4.98 Å². The number of hydrogen-bond acceptors (Lipinski definition) is 3. The van der Waals surface area contributed by atoms with Crippen molar-refractivity contribution in [2.24, 2.45) is 7.05 Å². The molecule has 0 aromatic carbocycles. The van der Waals surface area contributed by atoms with Gasteiger partial charge in [-0.05, 0) is 28.1 Å². The second-order valence-corrected chi connectivity index (χ2v) is 4.65. The number of aryl methyl sites for hydroxylation is 1. The Labute approximate surface area is 103 Å². The summed E-state index contributed by atoms with van der Waals surface area (Å²) in [7, 11) is 5.85. The lowest BCUT2D eigenvalue weighted by molar-refractivity contribution is 0.770. The van der Waals surface area contributed by atoms with Crippen LogP contribution in [0.3, 0.4) is 0 Å². The zero-order valence-corrected chi connectivity index (χ0v) is 11.1. The average molecular weight is 281 g/mol. The lowest BCUT2D eigenvalue weighted by Crippen LogP contribution is -2.10. The van der Waals surface area contributed by atoms with E-state index < -0.39 is 0 Å². The van der Waals surface area contributed by atoms with E-state index in [9.17, 15) is 0 Å². The molecule has 0 spiro atoms. The van der Waals surface area contributed by atoms with Crippen molar-refractivity contribution in [1.29, 1.82) is 0 Å². The van der Waals surface area contributed by atoms with Crippen molar-refractivity contribution in [2.45, 2.75) is 0 Å². The maximum atomic E-state index is 4.40. The number of anilines is 1. The van der Waals surface area contributed by atoms with Crippen LogP contribution in [0.25, 0.3) is 11.3 Å². The maximum Gasteiger partial charge on any atom is 0.128 e. The van der Waals surface area contributed by atoms with Crippen LogP contribution in [0, 0.1) is 0 Å². The summed E-state index contributed by atoms with van der Waals surface area (Å²) in [6.07, 6.45) is 3.73. The monoisotopic (exact) mass is 280 g/mol. The van der Waals surface area contributed by atoms with E-state index in [4.69, 9.17) is 0 Å². The summed E-state index contributed by atoms with van der Waals surface area (Å²) < 4.78 is 2.78. The van der Waals surface area contributed by atoms with E-state index in [-0.39, 0.29) is 0 Å². The first-order valence-corrected chi connectivity index (χ1v) is 5.70. The lowest BCUT2D eigenvalue weighted by Gasteiger charge is -2.11. The Morgan fingerprint density at radius 1 is 1.38 bits per heavy atom. The Bertz CT molecular complexity index is 504. The predicted molar refractivity (Wildman–Crippen MR) is 68.5 cm³/mol. The molecule has 2 heterocycles. The largest absolute Gasteiger partial charge is 0.363 e. The molecular formula is C11H13BrN4. The van der Waals surface area contributed by atoms with Crippen molar-refractivity contribution in [3.63, 3.8) is 0 Å². The summed E-state index contributed by atoms with van der Waals surface area (Å²) in [5.41, 5.74) is 2.00. The van der Waals surface area contributed by atoms with Crippen LogP contribution in [0.1, 0.15) is 0 Å². The molecule has 0 amide bonds. The van der Waals surface area contributed by atoms with Gasteiger partial charge in [-0.1, -0.05) is 0 Å². The van der Waals surface area contributed by atoms with Crippen LogP contribution < -0.4 is 4.90 Å². The molecule has 0 fully saturated rings. The van der Waals surface area contributed by atoms with Crippen molar-refractivity contribution in [3.8, 4) is 11.3 Å². The molecule has 2 aromatic heterocycles. The zero-order valence-electron chi connectivity index (χ0n) is 9.48. The molecule has 84 valence electrons. The van der Waals surface area contributed by atoms with Crippen LogP contribution in [0.5, 0.6) is 0 Å². The normalized spacial score (nSPS) is 10.5. The highest BCUT2D eigenvalue weighted by atomic mass is 79.9. The van der Waals surface area contributed by atoms with Crippen LogP contribution in [0.2, 0.25) is 0 Å². The van der Waals surface area contributed by atoms with Gasteiger partial charge in [0.25, 0.3) is 0 Å². The minimum absolute atomic E-state index is 0.926. The van der Waals surface area contributed by atoms with E-state index >= 15 is 0 Å². The number of rotatable bonds is 2. The summed E-state index contributed by atoms with van der Waals surface area (Å²) in [5, 5.41) is 4.40. The summed E-state index contributed by atoms with van der Waals surface area (Å²) in [6, 6.07) is 3.98. The van der Waals surface area contributed by atoms with Crippen LogP contribution in [-0.4, -0.2) is 28.9 Å². The third kappa shape index (κ3) is 2.09. The molecule has 0 saturated heterocycles. The molecule has 0 atom stereocenters. The van der Waals surface area contributed by atoms with Crippen molar-refractivity contribution in [3.05, 3.63) is 29.0 Å². The number of halogens is 1. The molecule has 0 aliphatic heterocycles. The third-order valence-electron chi connectivity index (χ3n) is 2.26. The van der Waals surface area contributed by atoms with E-state index in [1.165, 1.54) is 0 Å². The fourth-order valence-corrected chi connectivity index (χ4v) is 2.07. The molecule has 0 saturated carbocycles. The van der Waals surface area contributed by atoms with Crippen molar-refractivity contribution < 1.29 is 0 Å². The smallest absolute Gasteiger partial charge is 0.128 e. The summed E-state index contributed by atoms with van der Waals surface area (Å²) in [4.78, 5) is 6.25. The van der Waals surface area contributed by atoms with Gasteiger partial charge in [0.05, 0.1) is 4.47 Å². The Morgan fingerprint density at radius 3 is 2.69 bits per heavy atom. The van der Waals surface area contributed by atoms with Crippen LogP contribution in [0.15, 0.2) is 29.0 Å². The summed E-state index contributed by atoms with van der Waals surface area (Å²) in [6.45, 7) is 0. The van der Waals surface area contributed by atoms with E-state index in [1.807, 2.05) is 44.4 Å². The molecule has 2 rings (SSSR count). The lowest BCUT2D eigenvalue weighted by atomic mass is 10.2. The van der Waals surface area contributed by atoms with Gasteiger partial charge in [0.2, 0.25) is 0 Å². The SMILES string of the molecule is CN(C)c1cc(-c2nn(C)cc2Br)ccn1. The Morgan fingerprint density at radius 2 is 2.12 bits per heavy atom. The molecule has 4 nitrogen and oxygen atoms in total. The number of hydrogen-bond donors (Lipinski definition) is 0. The van der Waals surface area contributed by atoms with Crippen molar-refractivity contribution in [1.82, 2.24) is 14.8 Å². The fourth-order valence-electron chi connectivity index (χ4n) is 1.47. The summed E-state index contributed by atoms with van der Waals surface area (Å²) >= 11 is 3.50. The van der Waals surface area contributed by atoms with Gasteiger partial charge in [0.1, 0.15) is 11.5 Å². The predicted octanol–water partition coefficient (Wildman–Crippen LogP) is 2.31. The van der Waals surface area contributed by atoms with Gasteiger partial charge in [-0.15, -0.1) is 0 Å². The van der Waals surface area contributed by atoms with Gasteiger partial charge in [-0.3, -0.25) is 4.68 Å². The fraction of sp³-hybridized carbons (Fsp3) is 0.273. The topological polar surface area (TPSA) is 34.0 Å². The molecule has 0 bridgehead atoms. The highest BCUT2D eigenvalue weighted by molar-refractivity contribution is 9.10. The maximum absolute atomic E-state index is 4.40. The first-order valence-electron chi connectivity index (χ1n) is 4.91. The van der Waals surface area contributed by atoms with Gasteiger partial charge in [0.15, 0.2) is 0 Å². The molecule has 0 N–H and O–H groups in total. The molecule has 0 unspecified atom stereocenters. The van der Waals surface area contributed by atoms with E-state index in [0.717, 1.165) is 21.5 Å². The molecular weight excluding hydrogens is 268 g/mol. The first kappa shape index (κ1) is 11.1. The second-order valence-electron chi connectivity index (χ2n) is 3.80. The molecule has 0 aliphatic rings. The van der Waals surface area contributed by atoms with Crippen LogP contribution >= 0.6 is 15.9 Å². The minimum Gasteiger partial charge on any atom is -0.363 e. The molecule has 2 aromatic rings. The third-order valence-corrected chi connectivity index (χ3v) is 2.84. The molecule has 0 radical (unpaired) electrons. The molecule has 5 heteroatoms. The number of pyridine rings is 1. The number of aromatic nitrogens is 3. The number of nitrogens with zero attached hydrogens (tertiary/aromatic N) is 4. The average Bonchev–Trinajstić information content (AvgIpc) is 2.58. The van der Waals surface area contributed by atoms with Crippen molar-refractivity contribution in [2.75, 3.05) is 19.0 Å². The molecule has 0 aliphatic carbocycles. The first-order chi connectivity index (χ1) is 7.58. The minimum atomic E-state index is 0.926.